The zero-order chi connectivity index (χ0) is 32.0. The van der Waals surface area contributed by atoms with E-state index in [1.54, 1.807) is 19.1 Å². The minimum absolute atomic E-state index is 0.116. The van der Waals surface area contributed by atoms with Crippen molar-refractivity contribution in [1.82, 2.24) is 9.80 Å². The first-order valence-electron chi connectivity index (χ1n) is 12.4. The molecule has 1 aromatic carbocycles. The van der Waals surface area contributed by atoms with Crippen LogP contribution in [0.5, 0.6) is 0 Å². The topological polar surface area (TPSA) is 211 Å². The Labute approximate surface area is 250 Å². The van der Waals surface area contributed by atoms with Gasteiger partial charge in [-0.3, -0.25) is 9.69 Å². The van der Waals surface area contributed by atoms with Crippen LogP contribution >= 0.6 is 22.9 Å². The highest BCUT2D eigenvalue weighted by atomic mass is 35.5. The predicted octanol–water partition coefficient (Wildman–Crippen LogP) is 2.44. The summed E-state index contributed by atoms with van der Waals surface area (Å²) < 4.78 is 5.30. The molecule has 0 saturated carbocycles. The highest BCUT2D eigenvalue weighted by Crippen LogP contribution is 2.40. The number of ether oxygens (including phenoxy) is 1. The Morgan fingerprint density at radius 2 is 1.33 bits per heavy atom. The molecular weight excluding hydrogens is 598 g/mol. The average molecular weight is 630 g/mol. The zero-order valence-corrected chi connectivity index (χ0v) is 24.7. The summed E-state index contributed by atoms with van der Waals surface area (Å²) in [5.41, 5.74) is 2.06. The average Bonchev–Trinajstić information content (AvgIpc) is 3.25. The number of carbonyl (C=O) groups is 6. The fourth-order valence-electron chi connectivity index (χ4n) is 3.63. The van der Waals surface area contributed by atoms with Gasteiger partial charge in [-0.2, -0.15) is 0 Å². The number of nitrogens with zero attached hydrogens (tertiary/aromatic N) is 2. The van der Waals surface area contributed by atoms with Crippen LogP contribution in [0, 0.1) is 6.92 Å². The van der Waals surface area contributed by atoms with Crippen molar-refractivity contribution in [3.8, 4) is 11.1 Å². The summed E-state index contributed by atoms with van der Waals surface area (Å²) in [6, 6.07) is 7.33. The molecule has 14 nitrogen and oxygen atoms in total. The molecule has 0 radical (unpaired) electrons. The number of nitrogens with one attached hydrogen (secondary N) is 1. The highest BCUT2D eigenvalue weighted by Gasteiger charge is 2.26. The van der Waals surface area contributed by atoms with Gasteiger partial charge < -0.3 is 35.4 Å². The summed E-state index contributed by atoms with van der Waals surface area (Å²) in [6.45, 7) is 11.1. The summed E-state index contributed by atoms with van der Waals surface area (Å²) in [6.07, 6.45) is 0. The highest BCUT2D eigenvalue weighted by molar-refractivity contribution is 7.17. The maximum atomic E-state index is 12.8. The number of hydrogen-bond donors (Lipinski definition) is 5. The lowest BCUT2D eigenvalue weighted by Gasteiger charge is -2.33. The number of likely N-dealkylation sites (N-methyl/N-ethyl adjacent to an activating group) is 1. The number of aryl methyl sites for hydroxylation is 1. The first kappa shape index (κ1) is 36.0. The molecule has 3 rings (SSSR count). The molecule has 1 saturated heterocycles. The van der Waals surface area contributed by atoms with Gasteiger partial charge in [-0.25, -0.2) is 24.0 Å². The lowest BCUT2D eigenvalue weighted by atomic mass is 10.0. The molecule has 1 aliphatic rings. The maximum absolute atomic E-state index is 12.8. The van der Waals surface area contributed by atoms with Crippen molar-refractivity contribution in [2.75, 3.05) is 51.2 Å². The van der Waals surface area contributed by atoms with Crippen LogP contribution in [-0.2, 0) is 28.7 Å². The van der Waals surface area contributed by atoms with Crippen molar-refractivity contribution < 1.29 is 53.9 Å². The molecule has 16 heteroatoms. The smallest absolute Gasteiger partial charge is 0.414 e. The van der Waals surface area contributed by atoms with E-state index >= 15 is 0 Å². The van der Waals surface area contributed by atoms with Crippen LogP contribution in [0.3, 0.4) is 0 Å². The lowest BCUT2D eigenvalue weighted by molar-refractivity contribution is -0.159. The van der Waals surface area contributed by atoms with Gasteiger partial charge in [0.05, 0.1) is 13.2 Å². The number of carbonyl (C=O) groups excluding carboxylic acids is 2. The van der Waals surface area contributed by atoms with Crippen LogP contribution < -0.4 is 5.32 Å². The van der Waals surface area contributed by atoms with E-state index in [-0.39, 0.29) is 12.5 Å². The minimum Gasteiger partial charge on any atom is -0.473 e. The van der Waals surface area contributed by atoms with Gasteiger partial charge in [0.15, 0.2) is 0 Å². The summed E-state index contributed by atoms with van der Waals surface area (Å²) in [7, 11) is 0. The first-order valence-corrected chi connectivity index (χ1v) is 13.6. The van der Waals surface area contributed by atoms with E-state index in [0.29, 0.717) is 22.1 Å². The Bertz CT molecular complexity index is 1230. The molecule has 1 aromatic heterocycles. The number of aliphatic carboxylic acids is 4. The number of amides is 1. The van der Waals surface area contributed by atoms with Crippen LogP contribution in [0.15, 0.2) is 24.3 Å². The van der Waals surface area contributed by atoms with Crippen molar-refractivity contribution >= 4 is 63.7 Å². The van der Waals surface area contributed by atoms with Gasteiger partial charge in [-0.1, -0.05) is 30.7 Å². The Hall–Kier alpha value is -4.05. The van der Waals surface area contributed by atoms with E-state index < -0.39 is 29.8 Å². The Balaban J connectivity index is 0.000000618. The fourth-order valence-corrected chi connectivity index (χ4v) is 4.83. The second-order valence-corrected chi connectivity index (χ2v) is 10.1. The van der Waals surface area contributed by atoms with E-state index in [4.69, 9.17) is 55.9 Å². The largest absolute Gasteiger partial charge is 0.473 e. The summed E-state index contributed by atoms with van der Waals surface area (Å²) >= 11 is 7.42. The van der Waals surface area contributed by atoms with Crippen LogP contribution in [0.4, 0.5) is 5.00 Å². The van der Waals surface area contributed by atoms with Gasteiger partial charge in [-0.15, -0.1) is 11.3 Å². The normalized spacial score (nSPS) is 13.0. The molecular formula is C26H32ClN3O11S. The molecule has 0 bridgehead atoms. The number of esters is 1. The van der Waals surface area contributed by atoms with Crippen LogP contribution in [0.25, 0.3) is 11.1 Å². The third kappa shape index (κ3) is 11.8. The monoisotopic (exact) mass is 629 g/mol. The van der Waals surface area contributed by atoms with Crippen molar-refractivity contribution in [3.63, 3.8) is 0 Å². The Kier molecular flexibility index (Phi) is 15.2. The predicted molar refractivity (Wildman–Crippen MR) is 153 cm³/mol. The van der Waals surface area contributed by atoms with Crippen LogP contribution in [0.1, 0.15) is 29.1 Å². The summed E-state index contributed by atoms with van der Waals surface area (Å²) in [5.74, 6) is -7.84. The molecule has 230 valence electrons. The van der Waals surface area contributed by atoms with Crippen molar-refractivity contribution in [3.05, 3.63) is 39.7 Å². The quantitative estimate of drug-likeness (QED) is 0.220. The molecule has 1 aliphatic heterocycles. The SMILES string of the molecule is CCOC(=O)c1c(NC(=O)CN2CCN(CC)CC2)sc(C)c1-c1ccc(Cl)cc1.O=C(O)C(=O)O.O=C(O)C(=O)O. The number of carboxylic acids is 4. The third-order valence-corrected chi connectivity index (χ3v) is 6.87. The molecule has 5 N–H and O–H groups in total. The standard InChI is InChI=1S/C22H28ClN3O3S.2C2H2O4/c1-4-25-10-12-26(13-11-25)14-18(27)24-21-20(22(28)29-5-2)19(15(3)30-21)16-6-8-17(23)9-7-16;2*3-1(4)2(5)6/h6-9H,4-5,10-14H2,1-3H3,(H,24,27);2*(H,3,4)(H,5,6). The van der Waals surface area contributed by atoms with E-state index in [9.17, 15) is 9.59 Å². The number of carboxylic acid groups (broad SMARTS) is 4. The molecule has 2 heterocycles. The number of anilines is 1. The molecule has 1 fully saturated rings. The number of piperazine rings is 1. The van der Waals surface area contributed by atoms with Gasteiger partial charge in [0.25, 0.3) is 0 Å². The molecule has 0 unspecified atom stereocenters. The number of thiophene rings is 1. The molecule has 1 amide bonds. The van der Waals surface area contributed by atoms with Gasteiger partial charge in [0, 0.05) is 41.6 Å². The second-order valence-electron chi connectivity index (χ2n) is 8.44. The number of hydrogen-bond acceptors (Lipinski definition) is 10. The molecule has 42 heavy (non-hydrogen) atoms. The number of rotatable bonds is 7. The fraction of sp³-hybridized carbons (Fsp3) is 0.385. The number of benzene rings is 1. The van der Waals surface area contributed by atoms with E-state index in [1.807, 2.05) is 19.1 Å². The third-order valence-electron chi connectivity index (χ3n) is 5.59. The second kappa shape index (κ2) is 17.7. The molecule has 0 spiro atoms. The Morgan fingerprint density at radius 1 is 0.857 bits per heavy atom. The summed E-state index contributed by atoms with van der Waals surface area (Å²) in [4.78, 5) is 67.4. The van der Waals surface area contributed by atoms with Gasteiger partial charge in [0.1, 0.15) is 10.6 Å². The molecule has 2 aromatic rings. The van der Waals surface area contributed by atoms with Gasteiger partial charge in [-0.05, 0) is 38.1 Å². The van der Waals surface area contributed by atoms with Gasteiger partial charge >= 0.3 is 29.8 Å². The van der Waals surface area contributed by atoms with E-state index in [2.05, 4.69) is 22.0 Å². The molecule has 0 aliphatic carbocycles. The maximum Gasteiger partial charge on any atom is 0.414 e. The van der Waals surface area contributed by atoms with Crippen LogP contribution in [-0.4, -0.2) is 112 Å². The zero-order valence-electron chi connectivity index (χ0n) is 23.1. The van der Waals surface area contributed by atoms with Crippen molar-refractivity contribution in [2.24, 2.45) is 0 Å². The minimum atomic E-state index is -1.82. The van der Waals surface area contributed by atoms with E-state index in [0.717, 1.165) is 48.7 Å². The van der Waals surface area contributed by atoms with Crippen molar-refractivity contribution in [1.29, 1.82) is 0 Å². The summed E-state index contributed by atoms with van der Waals surface area (Å²) in [5, 5.41) is 33.7. The van der Waals surface area contributed by atoms with Crippen LogP contribution in [0.2, 0.25) is 5.02 Å². The van der Waals surface area contributed by atoms with Gasteiger partial charge in [0.2, 0.25) is 5.91 Å². The van der Waals surface area contributed by atoms with E-state index in [1.165, 1.54) is 11.3 Å². The Morgan fingerprint density at radius 3 is 1.76 bits per heavy atom. The lowest BCUT2D eigenvalue weighted by Crippen LogP contribution is -2.48. The van der Waals surface area contributed by atoms with Crippen molar-refractivity contribution in [2.45, 2.75) is 20.8 Å². The molecule has 0 atom stereocenters. The number of halogens is 1. The first-order chi connectivity index (χ1) is 19.7.